The highest BCUT2D eigenvalue weighted by Crippen LogP contribution is 2.61. The molecule has 0 unspecified atom stereocenters. The Morgan fingerprint density at radius 2 is 1.93 bits per heavy atom. The molecule has 5 atom stereocenters. The summed E-state index contributed by atoms with van der Waals surface area (Å²) in [5, 5.41) is 0. The van der Waals surface area contributed by atoms with Gasteiger partial charge in [0.05, 0.1) is 5.57 Å². The Labute approximate surface area is 166 Å². The molecule has 6 nitrogen and oxygen atoms in total. The standard InChI is InChI=1S/C22H30O6/c1-7-12(2)19(24)26-18-17-14(4)20(25)28-22(17,27-15(5)23)11-16-10-8-9-13(3)21(16,18)6/h7,13,16,18H,8-11H2,1-6H3/b12-7+/t13-,16+,18-,21+,22+/m0/s1. The van der Waals surface area contributed by atoms with E-state index in [0.717, 1.165) is 19.3 Å². The predicted octanol–water partition coefficient (Wildman–Crippen LogP) is 3.84. The number of esters is 3. The second-order valence-corrected chi connectivity index (χ2v) is 8.63. The van der Waals surface area contributed by atoms with Crippen molar-refractivity contribution in [2.45, 2.75) is 79.1 Å². The van der Waals surface area contributed by atoms with Crippen LogP contribution in [0.4, 0.5) is 0 Å². The van der Waals surface area contributed by atoms with Crippen molar-refractivity contribution >= 4 is 17.9 Å². The summed E-state index contributed by atoms with van der Waals surface area (Å²) in [4.78, 5) is 37.1. The minimum Gasteiger partial charge on any atom is -0.454 e. The van der Waals surface area contributed by atoms with Crippen molar-refractivity contribution in [3.63, 3.8) is 0 Å². The maximum atomic E-state index is 12.7. The first kappa shape index (κ1) is 20.6. The highest BCUT2D eigenvalue weighted by Gasteiger charge is 2.66. The lowest BCUT2D eigenvalue weighted by molar-refractivity contribution is -0.239. The quantitative estimate of drug-likeness (QED) is 0.538. The van der Waals surface area contributed by atoms with Crippen LogP contribution in [0.3, 0.4) is 0 Å². The molecule has 0 radical (unpaired) electrons. The molecule has 1 aliphatic heterocycles. The molecule has 0 aromatic carbocycles. The number of fused-ring (bicyclic) bond motifs is 2. The SMILES string of the molecule is C/C=C(\C)C(=O)O[C@H]1C2=C(C)C(=O)O[C@]2(OC(C)=O)C[C@H]2CCC[C@H](C)[C@]21C. The van der Waals surface area contributed by atoms with Crippen molar-refractivity contribution in [3.8, 4) is 0 Å². The largest absolute Gasteiger partial charge is 0.454 e. The van der Waals surface area contributed by atoms with Crippen molar-refractivity contribution in [2.24, 2.45) is 17.3 Å². The summed E-state index contributed by atoms with van der Waals surface area (Å²) in [6.07, 6.45) is 4.39. The predicted molar refractivity (Wildman–Crippen MR) is 102 cm³/mol. The van der Waals surface area contributed by atoms with Gasteiger partial charge >= 0.3 is 17.9 Å². The third-order valence-corrected chi connectivity index (χ3v) is 7.14. The first-order valence-corrected chi connectivity index (χ1v) is 10.0. The molecule has 0 N–H and O–H groups in total. The molecule has 0 aromatic rings. The van der Waals surface area contributed by atoms with Crippen molar-refractivity contribution in [3.05, 3.63) is 22.8 Å². The number of carbonyl (C=O) groups excluding carboxylic acids is 3. The molecule has 2 saturated carbocycles. The molecule has 2 aliphatic carbocycles. The topological polar surface area (TPSA) is 78.9 Å². The molecule has 2 fully saturated rings. The van der Waals surface area contributed by atoms with Crippen LogP contribution in [0.1, 0.15) is 67.2 Å². The molecular formula is C22H30O6. The van der Waals surface area contributed by atoms with Crippen LogP contribution < -0.4 is 0 Å². The van der Waals surface area contributed by atoms with Crippen molar-refractivity contribution in [1.82, 2.24) is 0 Å². The fourth-order valence-electron chi connectivity index (χ4n) is 5.20. The Balaban J connectivity index is 2.17. The maximum absolute atomic E-state index is 12.7. The first-order valence-electron chi connectivity index (χ1n) is 10.0. The lowest BCUT2D eigenvalue weighted by atomic mass is 9.52. The van der Waals surface area contributed by atoms with Crippen molar-refractivity contribution in [2.75, 3.05) is 0 Å². The number of ether oxygens (including phenoxy) is 3. The summed E-state index contributed by atoms with van der Waals surface area (Å²) in [5.74, 6) is -2.56. The van der Waals surface area contributed by atoms with Gasteiger partial charge in [-0.25, -0.2) is 9.59 Å². The Hall–Kier alpha value is -2.11. The summed E-state index contributed by atoms with van der Waals surface area (Å²) < 4.78 is 17.3. The second kappa shape index (κ2) is 7.05. The van der Waals surface area contributed by atoms with Gasteiger partial charge < -0.3 is 14.2 Å². The molecule has 3 rings (SSSR count). The normalized spacial score (nSPS) is 37.7. The van der Waals surface area contributed by atoms with Gasteiger partial charge in [-0.1, -0.05) is 32.8 Å². The number of hydrogen-bond acceptors (Lipinski definition) is 6. The zero-order chi connectivity index (χ0) is 20.9. The molecule has 0 amide bonds. The van der Waals surface area contributed by atoms with Gasteiger partial charge in [0.25, 0.3) is 5.79 Å². The van der Waals surface area contributed by atoms with Gasteiger partial charge in [0.2, 0.25) is 0 Å². The maximum Gasteiger partial charge on any atom is 0.337 e. The Bertz CT molecular complexity index is 778. The number of carbonyl (C=O) groups is 3. The fraction of sp³-hybridized carbons (Fsp3) is 0.682. The highest BCUT2D eigenvalue weighted by atomic mass is 16.7. The second-order valence-electron chi connectivity index (χ2n) is 8.63. The van der Waals surface area contributed by atoms with E-state index in [1.54, 1.807) is 26.8 Å². The van der Waals surface area contributed by atoms with Crippen LogP contribution >= 0.6 is 0 Å². The third-order valence-electron chi connectivity index (χ3n) is 7.14. The van der Waals surface area contributed by atoms with Crippen LogP contribution in [0.2, 0.25) is 0 Å². The van der Waals surface area contributed by atoms with Crippen molar-refractivity contribution in [1.29, 1.82) is 0 Å². The molecule has 0 spiro atoms. The molecule has 0 saturated heterocycles. The van der Waals surface area contributed by atoms with Gasteiger partial charge in [-0.3, -0.25) is 4.79 Å². The van der Waals surface area contributed by atoms with E-state index >= 15 is 0 Å². The average Bonchev–Trinajstić information content (AvgIpc) is 2.85. The molecule has 6 heteroatoms. The van der Waals surface area contributed by atoms with Gasteiger partial charge in [-0.15, -0.1) is 0 Å². The van der Waals surface area contributed by atoms with Crippen LogP contribution in [0.15, 0.2) is 22.8 Å². The van der Waals surface area contributed by atoms with E-state index in [4.69, 9.17) is 14.2 Å². The van der Waals surface area contributed by atoms with Crippen LogP contribution in [0.25, 0.3) is 0 Å². The van der Waals surface area contributed by atoms with E-state index in [-0.39, 0.29) is 17.3 Å². The molecule has 154 valence electrons. The Morgan fingerprint density at radius 3 is 2.54 bits per heavy atom. The summed E-state index contributed by atoms with van der Waals surface area (Å²) in [5.41, 5.74) is 0.999. The number of hydrogen-bond donors (Lipinski definition) is 0. The first-order chi connectivity index (χ1) is 13.1. The van der Waals surface area contributed by atoms with E-state index < -0.39 is 29.8 Å². The number of allylic oxidation sites excluding steroid dienone is 1. The van der Waals surface area contributed by atoms with Crippen LogP contribution in [-0.2, 0) is 28.6 Å². The molecule has 3 aliphatic rings. The molecule has 1 heterocycles. The molecule has 28 heavy (non-hydrogen) atoms. The van der Waals surface area contributed by atoms with Gasteiger partial charge in [-0.2, -0.15) is 0 Å². The van der Waals surface area contributed by atoms with Gasteiger partial charge in [0.15, 0.2) is 0 Å². The Kier molecular flexibility index (Phi) is 5.19. The van der Waals surface area contributed by atoms with E-state index in [1.807, 2.05) is 0 Å². The minimum absolute atomic E-state index is 0.0989. The van der Waals surface area contributed by atoms with E-state index in [1.165, 1.54) is 6.92 Å². The fourth-order valence-corrected chi connectivity index (χ4v) is 5.20. The van der Waals surface area contributed by atoms with Crippen LogP contribution in [0, 0.1) is 17.3 Å². The zero-order valence-corrected chi connectivity index (χ0v) is 17.6. The third kappa shape index (κ3) is 2.97. The van der Waals surface area contributed by atoms with Gasteiger partial charge in [0.1, 0.15) is 6.10 Å². The average molecular weight is 390 g/mol. The molecule has 0 aromatic heterocycles. The van der Waals surface area contributed by atoms with Crippen LogP contribution in [0.5, 0.6) is 0 Å². The zero-order valence-electron chi connectivity index (χ0n) is 17.6. The summed E-state index contributed by atoms with van der Waals surface area (Å²) in [6, 6.07) is 0. The molecule has 0 bridgehead atoms. The monoisotopic (exact) mass is 390 g/mol. The highest BCUT2D eigenvalue weighted by molar-refractivity contribution is 5.94. The minimum atomic E-state index is -1.47. The van der Waals surface area contributed by atoms with Gasteiger partial charge in [0, 0.05) is 29.9 Å². The van der Waals surface area contributed by atoms with Gasteiger partial charge in [-0.05, 0) is 39.0 Å². The lowest BCUT2D eigenvalue weighted by Crippen LogP contribution is -2.60. The van der Waals surface area contributed by atoms with E-state index in [0.29, 0.717) is 23.1 Å². The Morgan fingerprint density at radius 1 is 1.25 bits per heavy atom. The summed E-state index contributed by atoms with van der Waals surface area (Å²) in [7, 11) is 0. The summed E-state index contributed by atoms with van der Waals surface area (Å²) >= 11 is 0. The van der Waals surface area contributed by atoms with E-state index in [2.05, 4.69) is 13.8 Å². The molecular weight excluding hydrogens is 360 g/mol. The lowest BCUT2D eigenvalue weighted by Gasteiger charge is -2.56. The summed E-state index contributed by atoms with van der Waals surface area (Å²) in [6.45, 7) is 10.7. The van der Waals surface area contributed by atoms with Crippen LogP contribution in [-0.4, -0.2) is 29.8 Å². The number of rotatable bonds is 3. The smallest absolute Gasteiger partial charge is 0.337 e. The van der Waals surface area contributed by atoms with Crippen molar-refractivity contribution < 1.29 is 28.6 Å². The van der Waals surface area contributed by atoms with E-state index in [9.17, 15) is 14.4 Å².